The van der Waals surface area contributed by atoms with Gasteiger partial charge in [0.2, 0.25) is 11.8 Å². The molecule has 1 aromatic carbocycles. The Kier molecular flexibility index (Phi) is 6.03. The largest absolute Gasteiger partial charge is 0.343 e. The molecule has 0 radical (unpaired) electrons. The molecule has 2 amide bonds. The number of carbonyl (C=O) groups is 2. The molecule has 0 unspecified atom stereocenters. The van der Waals surface area contributed by atoms with Crippen molar-refractivity contribution in [3.63, 3.8) is 0 Å². The SMILES string of the molecule is O=C(CSc1n[nH]c(=O)n1CCc1ccccc1)N1CCN(C(=O)C2CC2)CC1. The van der Waals surface area contributed by atoms with E-state index in [9.17, 15) is 14.4 Å². The molecule has 2 heterocycles. The standard InChI is InChI=1S/C20H25N5O3S/c26-17(23-10-12-24(13-11-23)18(27)16-6-7-16)14-29-20-22-21-19(28)25(20)9-8-15-4-2-1-3-5-15/h1-5,16H,6-14H2,(H,21,28). The first-order chi connectivity index (χ1) is 14.1. The smallest absolute Gasteiger partial charge is 0.339 e. The molecule has 8 nitrogen and oxygen atoms in total. The average molecular weight is 416 g/mol. The fourth-order valence-corrected chi connectivity index (χ4v) is 4.35. The van der Waals surface area contributed by atoms with Crippen LogP contribution in [0.4, 0.5) is 0 Å². The summed E-state index contributed by atoms with van der Waals surface area (Å²) >= 11 is 1.28. The molecular weight excluding hydrogens is 390 g/mol. The summed E-state index contributed by atoms with van der Waals surface area (Å²) in [5.41, 5.74) is 0.884. The molecule has 9 heteroatoms. The van der Waals surface area contributed by atoms with Gasteiger partial charge < -0.3 is 9.80 Å². The first kappa shape index (κ1) is 19.8. The van der Waals surface area contributed by atoms with Crippen LogP contribution < -0.4 is 5.69 Å². The number of aromatic nitrogens is 3. The van der Waals surface area contributed by atoms with Crippen LogP contribution in [-0.2, 0) is 22.6 Å². The predicted octanol–water partition coefficient (Wildman–Crippen LogP) is 0.987. The number of piperazine rings is 1. The van der Waals surface area contributed by atoms with E-state index in [4.69, 9.17) is 0 Å². The zero-order valence-electron chi connectivity index (χ0n) is 16.2. The number of aryl methyl sites for hydroxylation is 1. The minimum atomic E-state index is -0.261. The van der Waals surface area contributed by atoms with Crippen LogP contribution in [-0.4, -0.2) is 68.3 Å². The molecule has 29 heavy (non-hydrogen) atoms. The lowest BCUT2D eigenvalue weighted by Gasteiger charge is -2.34. The summed E-state index contributed by atoms with van der Waals surface area (Å²) in [5, 5.41) is 7.08. The minimum absolute atomic E-state index is 0.0126. The number of thioether (sulfide) groups is 1. The molecule has 2 aromatic rings. The van der Waals surface area contributed by atoms with E-state index < -0.39 is 0 Å². The van der Waals surface area contributed by atoms with Crippen molar-refractivity contribution in [2.75, 3.05) is 31.9 Å². The topological polar surface area (TPSA) is 91.3 Å². The van der Waals surface area contributed by atoms with Gasteiger partial charge in [0.05, 0.1) is 5.75 Å². The fraction of sp³-hybridized carbons (Fsp3) is 0.500. The summed E-state index contributed by atoms with van der Waals surface area (Å²) in [5.74, 6) is 0.704. The highest BCUT2D eigenvalue weighted by Gasteiger charge is 2.35. The van der Waals surface area contributed by atoms with Gasteiger partial charge in [-0.25, -0.2) is 9.89 Å². The summed E-state index contributed by atoms with van der Waals surface area (Å²) in [7, 11) is 0. The molecule has 154 valence electrons. The van der Waals surface area contributed by atoms with E-state index in [1.807, 2.05) is 35.2 Å². The van der Waals surface area contributed by atoms with Gasteiger partial charge in [-0.15, -0.1) is 5.10 Å². The highest BCUT2D eigenvalue weighted by molar-refractivity contribution is 7.99. The van der Waals surface area contributed by atoms with E-state index in [-0.39, 0.29) is 29.2 Å². The van der Waals surface area contributed by atoms with E-state index in [1.165, 1.54) is 11.8 Å². The van der Waals surface area contributed by atoms with Crippen molar-refractivity contribution in [1.82, 2.24) is 24.6 Å². The van der Waals surface area contributed by atoms with Crippen LogP contribution in [0.25, 0.3) is 0 Å². The summed E-state index contributed by atoms with van der Waals surface area (Å²) in [6.07, 6.45) is 2.73. The van der Waals surface area contributed by atoms with Crippen LogP contribution >= 0.6 is 11.8 Å². The van der Waals surface area contributed by atoms with Gasteiger partial charge in [-0.2, -0.15) is 0 Å². The summed E-state index contributed by atoms with van der Waals surface area (Å²) in [6, 6.07) is 9.95. The van der Waals surface area contributed by atoms with Crippen molar-refractivity contribution in [2.24, 2.45) is 5.92 Å². The Morgan fingerprint density at radius 3 is 2.45 bits per heavy atom. The number of aromatic amines is 1. The number of rotatable bonds is 7. The number of amides is 2. The lowest BCUT2D eigenvalue weighted by atomic mass is 10.1. The van der Waals surface area contributed by atoms with Crippen molar-refractivity contribution in [3.05, 3.63) is 46.4 Å². The Balaban J connectivity index is 1.27. The van der Waals surface area contributed by atoms with E-state index in [0.29, 0.717) is 37.9 Å². The summed E-state index contributed by atoms with van der Waals surface area (Å²) in [4.78, 5) is 40.4. The molecule has 4 rings (SSSR count). The third-order valence-corrected chi connectivity index (χ3v) is 6.35. The number of carbonyl (C=O) groups excluding carboxylic acids is 2. The number of hydrogen-bond acceptors (Lipinski definition) is 5. The molecule has 2 aliphatic rings. The van der Waals surface area contributed by atoms with Gasteiger partial charge in [0, 0.05) is 38.6 Å². The molecule has 1 N–H and O–H groups in total. The zero-order valence-corrected chi connectivity index (χ0v) is 17.1. The lowest BCUT2D eigenvalue weighted by molar-refractivity contribution is -0.139. The molecular formula is C20H25N5O3S. The Hall–Kier alpha value is -2.55. The Bertz CT molecular complexity index is 914. The number of H-pyrrole nitrogens is 1. The second kappa shape index (κ2) is 8.86. The molecule has 1 saturated carbocycles. The van der Waals surface area contributed by atoms with Crippen LogP contribution in [0.3, 0.4) is 0 Å². The molecule has 0 bridgehead atoms. The van der Waals surface area contributed by atoms with Gasteiger partial charge in [0.25, 0.3) is 0 Å². The molecule has 0 atom stereocenters. The average Bonchev–Trinajstić information content (AvgIpc) is 3.55. The number of benzene rings is 1. The predicted molar refractivity (Wildman–Crippen MR) is 110 cm³/mol. The maximum absolute atomic E-state index is 12.6. The van der Waals surface area contributed by atoms with Crippen molar-refractivity contribution in [3.8, 4) is 0 Å². The quantitative estimate of drug-likeness (QED) is 0.681. The lowest BCUT2D eigenvalue weighted by Crippen LogP contribution is -2.51. The molecule has 0 spiro atoms. The monoisotopic (exact) mass is 415 g/mol. The number of hydrogen-bond donors (Lipinski definition) is 1. The second-order valence-corrected chi connectivity index (χ2v) is 8.41. The molecule has 2 fully saturated rings. The van der Waals surface area contributed by atoms with Crippen LogP contribution in [0.5, 0.6) is 0 Å². The van der Waals surface area contributed by atoms with E-state index >= 15 is 0 Å². The van der Waals surface area contributed by atoms with Crippen LogP contribution in [0, 0.1) is 5.92 Å². The normalized spacial score (nSPS) is 16.8. The Morgan fingerprint density at radius 1 is 1.07 bits per heavy atom. The first-order valence-electron chi connectivity index (χ1n) is 10.0. The highest BCUT2D eigenvalue weighted by Crippen LogP contribution is 2.31. The minimum Gasteiger partial charge on any atom is -0.339 e. The van der Waals surface area contributed by atoms with Crippen LogP contribution in [0.2, 0.25) is 0 Å². The first-order valence-corrected chi connectivity index (χ1v) is 11.0. The number of nitrogens with one attached hydrogen (secondary N) is 1. The van der Waals surface area contributed by atoms with Gasteiger partial charge in [0.15, 0.2) is 5.16 Å². The summed E-state index contributed by atoms with van der Waals surface area (Å²) in [6.45, 7) is 2.86. The fourth-order valence-electron chi connectivity index (χ4n) is 3.48. The summed E-state index contributed by atoms with van der Waals surface area (Å²) < 4.78 is 1.58. The maximum Gasteiger partial charge on any atom is 0.343 e. The van der Waals surface area contributed by atoms with Crippen molar-refractivity contribution in [2.45, 2.75) is 31.0 Å². The molecule has 1 aromatic heterocycles. The maximum atomic E-state index is 12.6. The molecule has 1 aliphatic heterocycles. The molecule has 1 saturated heterocycles. The van der Waals surface area contributed by atoms with Crippen molar-refractivity contribution in [1.29, 1.82) is 0 Å². The van der Waals surface area contributed by atoms with E-state index in [0.717, 1.165) is 24.8 Å². The third-order valence-electron chi connectivity index (χ3n) is 5.39. The van der Waals surface area contributed by atoms with Crippen LogP contribution in [0.1, 0.15) is 18.4 Å². The van der Waals surface area contributed by atoms with Gasteiger partial charge >= 0.3 is 5.69 Å². The third kappa shape index (κ3) is 4.90. The van der Waals surface area contributed by atoms with Gasteiger partial charge in [-0.1, -0.05) is 42.1 Å². The van der Waals surface area contributed by atoms with E-state index in [1.54, 1.807) is 9.47 Å². The zero-order chi connectivity index (χ0) is 20.2. The van der Waals surface area contributed by atoms with Crippen molar-refractivity contribution >= 4 is 23.6 Å². The Labute approximate surface area is 173 Å². The van der Waals surface area contributed by atoms with Gasteiger partial charge in [-0.05, 0) is 24.8 Å². The van der Waals surface area contributed by atoms with Crippen molar-refractivity contribution < 1.29 is 9.59 Å². The molecule has 1 aliphatic carbocycles. The van der Waals surface area contributed by atoms with Gasteiger partial charge in [-0.3, -0.25) is 14.2 Å². The van der Waals surface area contributed by atoms with Gasteiger partial charge in [0.1, 0.15) is 0 Å². The second-order valence-electron chi connectivity index (χ2n) is 7.47. The Morgan fingerprint density at radius 2 is 1.76 bits per heavy atom. The van der Waals surface area contributed by atoms with Crippen LogP contribution in [0.15, 0.2) is 40.3 Å². The highest BCUT2D eigenvalue weighted by atomic mass is 32.2. The number of nitrogens with zero attached hydrogens (tertiary/aromatic N) is 4. The van der Waals surface area contributed by atoms with E-state index in [2.05, 4.69) is 10.2 Å².